The summed E-state index contributed by atoms with van der Waals surface area (Å²) in [4.78, 5) is 12.1. The van der Waals surface area contributed by atoms with E-state index >= 15 is 0 Å². The summed E-state index contributed by atoms with van der Waals surface area (Å²) >= 11 is 0. The van der Waals surface area contributed by atoms with Gasteiger partial charge in [0.1, 0.15) is 5.82 Å². The third-order valence-electron chi connectivity index (χ3n) is 3.57. The van der Waals surface area contributed by atoms with E-state index in [0.29, 0.717) is 24.2 Å². The summed E-state index contributed by atoms with van der Waals surface area (Å²) in [5.41, 5.74) is 3.28. The highest BCUT2D eigenvalue weighted by molar-refractivity contribution is 7.89. The van der Waals surface area contributed by atoms with E-state index in [1.165, 1.54) is 30.3 Å². The fourth-order valence-corrected chi connectivity index (χ4v) is 3.23. The molecule has 0 aromatic heterocycles. The molecule has 6 nitrogen and oxygen atoms in total. The maximum Gasteiger partial charge on any atom is 0.274 e. The first-order chi connectivity index (χ1) is 12.3. The highest BCUT2D eigenvalue weighted by atomic mass is 32.2. The number of benzene rings is 2. The summed E-state index contributed by atoms with van der Waals surface area (Å²) in [6.45, 7) is 3.90. The predicted molar refractivity (Wildman–Crippen MR) is 98.0 cm³/mol. The predicted octanol–water partition coefficient (Wildman–Crippen LogP) is 2.67. The lowest BCUT2D eigenvalue weighted by Gasteiger charge is -2.07. The van der Waals surface area contributed by atoms with Crippen LogP contribution in [0.4, 0.5) is 4.39 Å². The van der Waals surface area contributed by atoms with Gasteiger partial charge >= 0.3 is 0 Å². The molecule has 0 fully saturated rings. The van der Waals surface area contributed by atoms with E-state index in [-0.39, 0.29) is 10.5 Å². The molecule has 0 bridgehead atoms. The van der Waals surface area contributed by atoms with E-state index in [0.717, 1.165) is 0 Å². The van der Waals surface area contributed by atoms with Crippen molar-refractivity contribution in [2.24, 2.45) is 5.10 Å². The monoisotopic (exact) mass is 377 g/mol. The van der Waals surface area contributed by atoms with Crippen LogP contribution in [0.5, 0.6) is 0 Å². The molecule has 0 radical (unpaired) electrons. The van der Waals surface area contributed by atoms with Crippen LogP contribution in [-0.2, 0) is 10.0 Å². The van der Waals surface area contributed by atoms with Gasteiger partial charge in [-0.05, 0) is 43.2 Å². The number of amides is 1. The number of halogens is 1. The number of hydrogen-bond donors (Lipinski definition) is 2. The molecule has 2 rings (SSSR count). The molecule has 0 aliphatic rings. The standard InChI is InChI=1S/C18H20FN3O3S/c1-3-12-20-26(24,25)15-10-8-14(9-11-15)13(2)21-22-18(23)16-6-4-5-7-17(16)19/h4-11,20H,3,12H2,1-2H3,(H,22,23)/b21-13-. The average Bonchev–Trinajstić information content (AvgIpc) is 2.64. The molecule has 0 saturated carbocycles. The highest BCUT2D eigenvalue weighted by Crippen LogP contribution is 2.11. The average molecular weight is 377 g/mol. The van der Waals surface area contributed by atoms with Crippen LogP contribution < -0.4 is 10.1 Å². The second-order valence-corrected chi connectivity index (χ2v) is 7.31. The van der Waals surface area contributed by atoms with Gasteiger partial charge in [0.2, 0.25) is 10.0 Å². The van der Waals surface area contributed by atoms with Crippen molar-refractivity contribution in [3.8, 4) is 0 Å². The molecular formula is C18H20FN3O3S. The van der Waals surface area contributed by atoms with Crippen LogP contribution in [0.3, 0.4) is 0 Å². The Kier molecular flexibility index (Phi) is 6.59. The molecule has 0 heterocycles. The van der Waals surface area contributed by atoms with Crippen molar-refractivity contribution in [1.29, 1.82) is 0 Å². The van der Waals surface area contributed by atoms with Crippen molar-refractivity contribution >= 4 is 21.6 Å². The summed E-state index contributed by atoms with van der Waals surface area (Å²) in [7, 11) is -3.53. The van der Waals surface area contributed by atoms with Gasteiger partial charge in [-0.15, -0.1) is 0 Å². The SMILES string of the molecule is CCCNS(=O)(=O)c1ccc(/C(C)=N\NC(=O)c2ccccc2F)cc1. The zero-order valence-electron chi connectivity index (χ0n) is 14.5. The van der Waals surface area contributed by atoms with Crippen LogP contribution in [-0.4, -0.2) is 26.6 Å². The minimum absolute atomic E-state index is 0.104. The molecule has 138 valence electrons. The Hall–Kier alpha value is -2.58. The molecule has 2 aromatic carbocycles. The maximum absolute atomic E-state index is 13.6. The molecule has 0 saturated heterocycles. The van der Waals surface area contributed by atoms with Gasteiger partial charge in [0.15, 0.2) is 0 Å². The molecule has 0 aliphatic carbocycles. The minimum Gasteiger partial charge on any atom is -0.267 e. The molecular weight excluding hydrogens is 357 g/mol. The van der Waals surface area contributed by atoms with Gasteiger partial charge in [-0.25, -0.2) is 23.0 Å². The number of carbonyl (C=O) groups is 1. The van der Waals surface area contributed by atoms with Crippen LogP contribution in [0.2, 0.25) is 0 Å². The van der Waals surface area contributed by atoms with Crippen LogP contribution in [0.25, 0.3) is 0 Å². The smallest absolute Gasteiger partial charge is 0.267 e. The van der Waals surface area contributed by atoms with Crippen molar-refractivity contribution in [3.05, 3.63) is 65.5 Å². The molecule has 8 heteroatoms. The number of hydrogen-bond acceptors (Lipinski definition) is 4. The van der Waals surface area contributed by atoms with Gasteiger partial charge in [0, 0.05) is 6.54 Å². The lowest BCUT2D eigenvalue weighted by Crippen LogP contribution is -2.24. The molecule has 0 atom stereocenters. The molecule has 0 spiro atoms. The Labute approximate surface area is 152 Å². The minimum atomic E-state index is -3.53. The largest absolute Gasteiger partial charge is 0.274 e. The van der Waals surface area contributed by atoms with Crippen molar-refractivity contribution in [1.82, 2.24) is 10.1 Å². The molecule has 1 amide bonds. The molecule has 2 N–H and O–H groups in total. The Balaban J connectivity index is 2.10. The second-order valence-electron chi connectivity index (χ2n) is 5.54. The van der Waals surface area contributed by atoms with Crippen LogP contribution >= 0.6 is 0 Å². The first-order valence-corrected chi connectivity index (χ1v) is 9.52. The van der Waals surface area contributed by atoms with Crippen molar-refractivity contribution < 1.29 is 17.6 Å². The fraction of sp³-hybridized carbons (Fsp3) is 0.222. The Morgan fingerprint density at radius 1 is 1.12 bits per heavy atom. The van der Waals surface area contributed by atoms with E-state index < -0.39 is 21.7 Å². The number of carbonyl (C=O) groups excluding carboxylic acids is 1. The van der Waals surface area contributed by atoms with E-state index in [4.69, 9.17) is 0 Å². The van der Waals surface area contributed by atoms with Gasteiger partial charge in [-0.3, -0.25) is 4.79 Å². The summed E-state index contributed by atoms with van der Waals surface area (Å²) in [6, 6.07) is 11.7. The Morgan fingerprint density at radius 3 is 2.38 bits per heavy atom. The lowest BCUT2D eigenvalue weighted by atomic mass is 10.1. The zero-order valence-corrected chi connectivity index (χ0v) is 15.3. The normalized spacial score (nSPS) is 12.0. The number of rotatable bonds is 7. The fourth-order valence-electron chi connectivity index (χ4n) is 2.10. The number of nitrogens with zero attached hydrogens (tertiary/aromatic N) is 1. The summed E-state index contributed by atoms with van der Waals surface area (Å²) in [6.07, 6.45) is 0.699. The van der Waals surface area contributed by atoms with Crippen LogP contribution in [0, 0.1) is 5.82 Å². The van der Waals surface area contributed by atoms with E-state index in [1.54, 1.807) is 25.1 Å². The van der Waals surface area contributed by atoms with E-state index in [9.17, 15) is 17.6 Å². The first-order valence-electron chi connectivity index (χ1n) is 8.04. The van der Waals surface area contributed by atoms with Gasteiger partial charge in [-0.1, -0.05) is 31.2 Å². The zero-order chi connectivity index (χ0) is 19.2. The molecule has 26 heavy (non-hydrogen) atoms. The second kappa shape index (κ2) is 8.68. The van der Waals surface area contributed by atoms with E-state index in [2.05, 4.69) is 15.2 Å². The lowest BCUT2D eigenvalue weighted by molar-refractivity contribution is 0.0951. The summed E-state index contributed by atoms with van der Waals surface area (Å²) in [5, 5.41) is 3.94. The number of hydrazone groups is 1. The van der Waals surface area contributed by atoms with Gasteiger partial charge < -0.3 is 0 Å². The number of nitrogens with one attached hydrogen (secondary N) is 2. The Morgan fingerprint density at radius 2 is 1.77 bits per heavy atom. The topological polar surface area (TPSA) is 87.6 Å². The first kappa shape index (κ1) is 19.7. The van der Waals surface area contributed by atoms with Crippen molar-refractivity contribution in [2.45, 2.75) is 25.2 Å². The summed E-state index contributed by atoms with van der Waals surface area (Å²) < 4.78 is 40.1. The summed E-state index contributed by atoms with van der Waals surface area (Å²) in [5.74, 6) is -1.29. The van der Waals surface area contributed by atoms with Crippen molar-refractivity contribution in [3.63, 3.8) is 0 Å². The van der Waals surface area contributed by atoms with E-state index in [1.807, 2.05) is 6.92 Å². The third kappa shape index (κ3) is 4.96. The highest BCUT2D eigenvalue weighted by Gasteiger charge is 2.13. The molecule has 2 aromatic rings. The molecule has 0 aliphatic heterocycles. The van der Waals surface area contributed by atoms with Crippen molar-refractivity contribution in [2.75, 3.05) is 6.54 Å². The maximum atomic E-state index is 13.6. The number of sulfonamides is 1. The third-order valence-corrected chi connectivity index (χ3v) is 5.05. The van der Waals surface area contributed by atoms with Gasteiger partial charge in [0.05, 0.1) is 16.2 Å². The Bertz CT molecular complexity index is 910. The molecule has 0 unspecified atom stereocenters. The van der Waals surface area contributed by atoms with Crippen LogP contribution in [0.1, 0.15) is 36.2 Å². The van der Waals surface area contributed by atoms with Gasteiger partial charge in [0.25, 0.3) is 5.91 Å². The quantitative estimate of drug-likeness (QED) is 0.574. The van der Waals surface area contributed by atoms with Crippen LogP contribution in [0.15, 0.2) is 58.5 Å². The van der Waals surface area contributed by atoms with Gasteiger partial charge in [-0.2, -0.15) is 5.10 Å².